The molecule has 3 aliphatic carbocycles. The number of ketones is 1. The van der Waals surface area contributed by atoms with Crippen LogP contribution in [0.25, 0.3) is 0 Å². The van der Waals surface area contributed by atoms with E-state index in [1.54, 1.807) is 52.8 Å². The van der Waals surface area contributed by atoms with Crippen LogP contribution in [0.1, 0.15) is 92.4 Å². The Bertz CT molecular complexity index is 1750. The van der Waals surface area contributed by atoms with Crippen LogP contribution in [0.4, 0.5) is 4.79 Å². The first-order chi connectivity index (χ1) is 25.8. The van der Waals surface area contributed by atoms with Crippen LogP contribution in [0, 0.1) is 28.1 Å². The second-order valence-electron chi connectivity index (χ2n) is 18.0. The number of nitrogens with one attached hydrogen (secondary N) is 1. The van der Waals surface area contributed by atoms with E-state index >= 15 is 0 Å². The van der Waals surface area contributed by atoms with Crippen molar-refractivity contribution in [3.8, 4) is 0 Å². The van der Waals surface area contributed by atoms with Gasteiger partial charge in [-0.05, 0) is 48.5 Å². The van der Waals surface area contributed by atoms with Crippen LogP contribution in [-0.2, 0) is 38.1 Å². The molecule has 2 saturated carbocycles. The molecular formula is C41H57NO14. The molecule has 310 valence electrons. The molecule has 3 fully saturated rings. The first-order valence-corrected chi connectivity index (χ1v) is 19.1. The molecule has 15 heteroatoms. The van der Waals surface area contributed by atoms with E-state index in [9.17, 15) is 44.4 Å². The molecule has 11 atom stereocenters. The van der Waals surface area contributed by atoms with Crippen molar-refractivity contribution in [1.82, 2.24) is 5.32 Å². The number of hydrogen-bond donors (Lipinski definition) is 5. The minimum atomic E-state index is -2.33. The molecule has 1 heterocycles. The van der Waals surface area contributed by atoms with Gasteiger partial charge in [-0.2, -0.15) is 0 Å². The zero-order valence-electron chi connectivity index (χ0n) is 33.8. The Morgan fingerprint density at radius 2 is 1.66 bits per heavy atom. The average Bonchev–Trinajstić information content (AvgIpc) is 3.10. The molecule has 1 aromatic rings. The molecule has 1 aromatic carbocycles. The lowest BCUT2D eigenvalue weighted by molar-refractivity contribution is -0.346. The smallest absolute Gasteiger partial charge is 0.407 e. The Morgan fingerprint density at radius 3 is 2.20 bits per heavy atom. The van der Waals surface area contributed by atoms with Gasteiger partial charge >= 0.3 is 24.0 Å². The number of carbonyl (C=O) groups excluding carboxylic acids is 5. The molecule has 1 saturated heterocycles. The lowest BCUT2D eigenvalue weighted by Gasteiger charge is -2.67. The summed E-state index contributed by atoms with van der Waals surface area (Å²) in [5.74, 6) is -5.26. The zero-order chi connectivity index (χ0) is 41.9. The summed E-state index contributed by atoms with van der Waals surface area (Å²) in [6.07, 6.45) is -11.2. The third-order valence-electron chi connectivity index (χ3n) is 12.5. The van der Waals surface area contributed by atoms with Crippen molar-refractivity contribution in [3.05, 3.63) is 47.0 Å². The number of rotatable bonds is 9. The third-order valence-corrected chi connectivity index (χ3v) is 12.5. The summed E-state index contributed by atoms with van der Waals surface area (Å²) in [6, 6.07) is 6.66. The van der Waals surface area contributed by atoms with E-state index in [1.165, 1.54) is 26.0 Å². The molecule has 4 aliphatic rings. The van der Waals surface area contributed by atoms with E-state index in [0.29, 0.717) is 0 Å². The van der Waals surface area contributed by atoms with E-state index in [1.807, 2.05) is 13.8 Å². The molecular weight excluding hydrogens is 730 g/mol. The van der Waals surface area contributed by atoms with E-state index in [2.05, 4.69) is 5.32 Å². The molecule has 5 rings (SSSR count). The van der Waals surface area contributed by atoms with Crippen LogP contribution in [-0.4, -0.2) is 117 Å². The van der Waals surface area contributed by atoms with Crippen molar-refractivity contribution in [2.45, 2.75) is 136 Å². The van der Waals surface area contributed by atoms with Gasteiger partial charge in [-0.3, -0.25) is 9.59 Å². The predicted molar refractivity (Wildman–Crippen MR) is 198 cm³/mol. The van der Waals surface area contributed by atoms with Crippen LogP contribution in [0.2, 0.25) is 0 Å². The predicted octanol–water partition coefficient (Wildman–Crippen LogP) is 2.79. The molecule has 0 spiro atoms. The maximum absolute atomic E-state index is 14.9. The number of fused-ring (bicyclic) bond motifs is 5. The van der Waals surface area contributed by atoms with Gasteiger partial charge in [0.2, 0.25) is 0 Å². The van der Waals surface area contributed by atoms with E-state index in [-0.39, 0.29) is 42.3 Å². The number of alkyl carbamates (subject to hydrolysis) is 1. The van der Waals surface area contributed by atoms with Crippen LogP contribution in [0.3, 0.4) is 0 Å². The van der Waals surface area contributed by atoms with Gasteiger partial charge in [0.25, 0.3) is 0 Å². The zero-order valence-corrected chi connectivity index (χ0v) is 33.8. The second kappa shape index (κ2) is 15.1. The highest BCUT2D eigenvalue weighted by atomic mass is 16.6. The monoisotopic (exact) mass is 787 g/mol. The van der Waals surface area contributed by atoms with Gasteiger partial charge < -0.3 is 49.4 Å². The van der Waals surface area contributed by atoms with E-state index in [0.717, 1.165) is 6.92 Å². The minimum Gasteiger partial charge on any atom is -0.456 e. The number of esters is 3. The normalized spacial score (nSPS) is 34.7. The summed E-state index contributed by atoms with van der Waals surface area (Å²) in [5, 5.41) is 51.3. The standard InChI is InChI=1S/C41H57NO14/c1-20(2)18-52-36(50)42-31(37(5,6)7)29(46)35(49)54-24-17-41(51)33(55-34(48)23-14-12-11-13-15-23)30-39(10,32(47)28(45)27(21(24)3)38(41,8)9)25(44)16-26-40(30,19-53-26)56-22(4)43/h11-15,20,24-26,28-31,33,44-46,51H,16-19H2,1-10H3,(H,42,50)/t24-,25-,26+,28+,29+,30-,31+,33-,39+,40-,41+/m0/s1. The fraction of sp³-hybridized carbons (Fsp3) is 0.683. The number of hydrogen-bond acceptors (Lipinski definition) is 14. The Balaban J connectivity index is 1.66. The van der Waals surface area contributed by atoms with Crippen molar-refractivity contribution in [2.24, 2.45) is 28.1 Å². The van der Waals surface area contributed by atoms with Crippen LogP contribution in [0.15, 0.2) is 41.5 Å². The molecule has 5 N–H and O–H groups in total. The highest BCUT2D eigenvalue weighted by Gasteiger charge is 2.78. The molecule has 1 aliphatic heterocycles. The second-order valence-corrected chi connectivity index (χ2v) is 18.0. The minimum absolute atomic E-state index is 0.0215. The number of Topliss-reactive ketones (excluding diaryl/α,β-unsaturated/α-hetero) is 1. The van der Waals surface area contributed by atoms with Gasteiger partial charge in [-0.25, -0.2) is 14.4 Å². The number of benzene rings is 1. The molecule has 0 radical (unpaired) electrons. The van der Waals surface area contributed by atoms with Gasteiger partial charge in [0.05, 0.1) is 42.3 Å². The topological polar surface area (TPSA) is 224 Å². The number of aliphatic hydroxyl groups is 4. The largest absolute Gasteiger partial charge is 0.456 e. The summed E-state index contributed by atoms with van der Waals surface area (Å²) in [6.45, 7) is 15.7. The Labute approximate surface area is 327 Å². The van der Waals surface area contributed by atoms with Gasteiger partial charge in [0, 0.05) is 25.2 Å². The SMILES string of the molecule is CC(=O)O[C@@]12CO[C@@H]1C[C@H](O)[C@@]1(C)C(=O)[C@H](O)C3=C(C)[C@@H](OC(=O)[C@H](O)[C@@H](NC(=O)OCC(C)C)C(C)(C)C)C[C@@](O)([C@@H](OC(=O)c4ccccc4)[C@H]21)C3(C)C. The number of aliphatic hydroxyl groups excluding tert-OH is 3. The maximum atomic E-state index is 14.9. The van der Waals surface area contributed by atoms with Gasteiger partial charge in [0.15, 0.2) is 17.5 Å². The molecule has 1 amide bonds. The van der Waals surface area contributed by atoms with Gasteiger partial charge in [-0.15, -0.1) is 0 Å². The average molecular weight is 788 g/mol. The lowest BCUT2D eigenvalue weighted by atomic mass is 9.44. The molecule has 0 unspecified atom stereocenters. The third kappa shape index (κ3) is 7.14. The lowest BCUT2D eigenvalue weighted by Crippen LogP contribution is -2.81. The molecule has 56 heavy (non-hydrogen) atoms. The van der Waals surface area contributed by atoms with Crippen molar-refractivity contribution in [1.29, 1.82) is 0 Å². The van der Waals surface area contributed by atoms with Gasteiger partial charge in [0.1, 0.15) is 30.0 Å². The Morgan fingerprint density at radius 1 is 1.04 bits per heavy atom. The van der Waals surface area contributed by atoms with Crippen molar-refractivity contribution < 1.29 is 68.1 Å². The first-order valence-electron chi connectivity index (χ1n) is 19.1. The quantitative estimate of drug-likeness (QED) is 0.138. The summed E-state index contributed by atoms with van der Waals surface area (Å²) < 4.78 is 29.3. The van der Waals surface area contributed by atoms with Crippen LogP contribution in [0.5, 0.6) is 0 Å². The Kier molecular flexibility index (Phi) is 11.7. The van der Waals surface area contributed by atoms with Crippen molar-refractivity contribution >= 4 is 29.8 Å². The Hall–Kier alpha value is -3.89. The highest BCUT2D eigenvalue weighted by molar-refractivity contribution is 5.94. The van der Waals surface area contributed by atoms with Crippen LogP contribution >= 0.6 is 0 Å². The molecule has 15 nitrogen and oxygen atoms in total. The van der Waals surface area contributed by atoms with E-state index < -0.39 is 112 Å². The fourth-order valence-electron chi connectivity index (χ4n) is 9.30. The summed E-state index contributed by atoms with van der Waals surface area (Å²) in [5.41, 5.74) is -8.35. The number of ether oxygens (including phenoxy) is 5. The highest BCUT2D eigenvalue weighted by Crippen LogP contribution is 2.64. The summed E-state index contributed by atoms with van der Waals surface area (Å²) in [4.78, 5) is 68.4. The van der Waals surface area contributed by atoms with Gasteiger partial charge in [-0.1, -0.05) is 66.7 Å². The summed E-state index contributed by atoms with van der Waals surface area (Å²) >= 11 is 0. The number of carbonyl (C=O) groups is 5. The number of amides is 1. The van der Waals surface area contributed by atoms with Crippen molar-refractivity contribution in [2.75, 3.05) is 13.2 Å². The summed E-state index contributed by atoms with van der Waals surface area (Å²) in [7, 11) is 0. The van der Waals surface area contributed by atoms with Crippen molar-refractivity contribution in [3.63, 3.8) is 0 Å². The molecule has 2 bridgehead atoms. The molecule has 0 aromatic heterocycles. The van der Waals surface area contributed by atoms with E-state index in [4.69, 9.17) is 23.7 Å². The first kappa shape index (κ1) is 43.2. The maximum Gasteiger partial charge on any atom is 0.407 e. The van der Waals surface area contributed by atoms with Crippen LogP contribution < -0.4 is 5.32 Å². The fourth-order valence-corrected chi connectivity index (χ4v) is 9.30.